The lowest BCUT2D eigenvalue weighted by Gasteiger charge is -2.27. The third kappa shape index (κ3) is 5.50. The fourth-order valence-corrected chi connectivity index (χ4v) is 4.50. The summed E-state index contributed by atoms with van der Waals surface area (Å²) in [5.74, 6) is 1.66. The Hall–Kier alpha value is -2.28. The van der Waals surface area contributed by atoms with Crippen LogP contribution in [0.4, 0.5) is 0 Å². The Kier molecular flexibility index (Phi) is 7.00. The molecule has 0 unspecified atom stereocenters. The zero-order valence-electron chi connectivity index (χ0n) is 18.1. The fourth-order valence-electron chi connectivity index (χ4n) is 4.29. The molecule has 0 spiro atoms. The number of carbonyl (C=O) groups is 1. The summed E-state index contributed by atoms with van der Waals surface area (Å²) in [4.78, 5) is 15.2. The predicted octanol–water partition coefficient (Wildman–Crippen LogP) is 3.37. The number of carbonyl (C=O) groups excluding carboxylic acids is 1. The lowest BCUT2D eigenvalue weighted by molar-refractivity contribution is -0.126. The Morgan fingerprint density at radius 2 is 2.00 bits per heavy atom. The Labute approximate surface area is 188 Å². The molecule has 1 saturated heterocycles. The second kappa shape index (κ2) is 9.90. The largest absolute Gasteiger partial charge is 0.454 e. The summed E-state index contributed by atoms with van der Waals surface area (Å²) < 4.78 is 10.8. The molecule has 0 bridgehead atoms. The molecule has 2 aromatic carbocycles. The van der Waals surface area contributed by atoms with Crippen LogP contribution in [0.5, 0.6) is 11.5 Å². The molecule has 2 N–H and O–H groups in total. The van der Waals surface area contributed by atoms with E-state index in [1.807, 2.05) is 36.4 Å². The van der Waals surface area contributed by atoms with E-state index in [4.69, 9.17) is 21.1 Å². The van der Waals surface area contributed by atoms with Crippen LogP contribution in [0.1, 0.15) is 31.4 Å². The lowest BCUT2D eigenvalue weighted by Crippen LogP contribution is -2.46. The minimum Gasteiger partial charge on any atom is -0.454 e. The highest BCUT2D eigenvalue weighted by Crippen LogP contribution is 2.32. The van der Waals surface area contributed by atoms with Gasteiger partial charge in [0, 0.05) is 36.7 Å². The molecule has 31 heavy (non-hydrogen) atoms. The molecule has 2 atom stereocenters. The highest BCUT2D eigenvalue weighted by Gasteiger charge is 2.37. The average Bonchev–Trinajstić information content (AvgIpc) is 3.39. The number of likely N-dealkylation sites (tertiary alicyclic amines) is 1. The quantitative estimate of drug-likeness (QED) is 0.655. The second-order valence-electron chi connectivity index (χ2n) is 8.48. The zero-order valence-corrected chi connectivity index (χ0v) is 18.8. The molecule has 0 saturated carbocycles. The van der Waals surface area contributed by atoms with Gasteiger partial charge in [0.25, 0.3) is 0 Å². The average molecular weight is 444 g/mol. The number of nitrogens with one attached hydrogen (secondary N) is 2. The van der Waals surface area contributed by atoms with Crippen molar-refractivity contribution < 1.29 is 14.3 Å². The van der Waals surface area contributed by atoms with Gasteiger partial charge in [0.15, 0.2) is 11.5 Å². The monoisotopic (exact) mass is 443 g/mol. The number of ether oxygens (including phenoxy) is 2. The molecule has 7 heteroatoms. The van der Waals surface area contributed by atoms with Crippen LogP contribution in [0.15, 0.2) is 42.5 Å². The molecular formula is C24H30ClN3O3. The van der Waals surface area contributed by atoms with Crippen molar-refractivity contribution >= 4 is 17.5 Å². The first kappa shape index (κ1) is 21.9. The summed E-state index contributed by atoms with van der Waals surface area (Å²) in [5, 5.41) is 7.47. The molecular weight excluding hydrogens is 414 g/mol. The third-order valence-electron chi connectivity index (χ3n) is 5.94. The van der Waals surface area contributed by atoms with Gasteiger partial charge in [0.2, 0.25) is 12.7 Å². The highest BCUT2D eigenvalue weighted by molar-refractivity contribution is 6.30. The van der Waals surface area contributed by atoms with Crippen molar-refractivity contribution in [1.82, 2.24) is 15.5 Å². The maximum absolute atomic E-state index is 13.0. The highest BCUT2D eigenvalue weighted by atomic mass is 35.5. The minimum absolute atomic E-state index is 0.0986. The molecule has 2 heterocycles. The minimum atomic E-state index is -0.117. The molecule has 0 radical (unpaired) electrons. The van der Waals surface area contributed by atoms with Gasteiger partial charge in [-0.1, -0.05) is 29.8 Å². The number of hydrogen-bond donors (Lipinski definition) is 2. The normalized spacial score (nSPS) is 20.4. The van der Waals surface area contributed by atoms with Gasteiger partial charge in [0.05, 0.1) is 6.04 Å². The van der Waals surface area contributed by atoms with Gasteiger partial charge in [-0.15, -0.1) is 0 Å². The van der Waals surface area contributed by atoms with E-state index in [-0.39, 0.29) is 24.8 Å². The van der Waals surface area contributed by atoms with Gasteiger partial charge in [-0.05, 0) is 62.1 Å². The fraction of sp³-hybridized carbons (Fsp3) is 0.458. The van der Waals surface area contributed by atoms with Crippen molar-refractivity contribution in [3.05, 3.63) is 58.6 Å². The maximum Gasteiger partial charge on any atom is 0.237 e. The number of nitrogens with zero attached hydrogens (tertiary/aromatic N) is 1. The van der Waals surface area contributed by atoms with Gasteiger partial charge in [-0.3, -0.25) is 9.69 Å². The first-order chi connectivity index (χ1) is 15.0. The molecule has 1 fully saturated rings. The molecule has 0 aromatic heterocycles. The van der Waals surface area contributed by atoms with Crippen molar-refractivity contribution in [1.29, 1.82) is 0 Å². The van der Waals surface area contributed by atoms with Crippen molar-refractivity contribution in [2.24, 2.45) is 0 Å². The van der Waals surface area contributed by atoms with E-state index < -0.39 is 0 Å². The number of amides is 1. The summed E-state index contributed by atoms with van der Waals surface area (Å²) in [7, 11) is 0. The number of rotatable bonds is 8. The standard InChI is InChI=1S/C24H30ClN3O3/c1-16(2)28-14-20(27-13-18-4-3-5-19(25)10-18)12-21(28)24(29)26-9-8-17-6-7-22-23(11-17)31-15-30-22/h3-7,10-11,16,20-21,27H,8-9,12-15H2,1-2H3,(H,26,29)/t20-,21+/m1/s1. The van der Waals surface area contributed by atoms with Crippen molar-refractivity contribution in [3.63, 3.8) is 0 Å². The van der Waals surface area contributed by atoms with Gasteiger partial charge < -0.3 is 20.1 Å². The zero-order chi connectivity index (χ0) is 21.8. The van der Waals surface area contributed by atoms with Crippen LogP contribution in [-0.2, 0) is 17.8 Å². The molecule has 166 valence electrons. The summed E-state index contributed by atoms with van der Waals surface area (Å²) in [6, 6.07) is 14.3. The number of hydrogen-bond acceptors (Lipinski definition) is 5. The van der Waals surface area contributed by atoms with Gasteiger partial charge >= 0.3 is 0 Å². The number of halogens is 1. The molecule has 2 aliphatic rings. The van der Waals surface area contributed by atoms with E-state index in [0.29, 0.717) is 12.6 Å². The van der Waals surface area contributed by atoms with Crippen LogP contribution in [0.2, 0.25) is 5.02 Å². The Balaban J connectivity index is 1.28. The van der Waals surface area contributed by atoms with Gasteiger partial charge in [-0.25, -0.2) is 0 Å². The first-order valence-corrected chi connectivity index (χ1v) is 11.3. The summed E-state index contributed by atoms with van der Waals surface area (Å²) in [6.45, 7) is 6.77. The van der Waals surface area contributed by atoms with E-state index in [0.717, 1.165) is 53.6 Å². The Morgan fingerprint density at radius 1 is 1.16 bits per heavy atom. The molecule has 2 aliphatic heterocycles. The summed E-state index contributed by atoms with van der Waals surface area (Å²) >= 11 is 6.09. The van der Waals surface area contributed by atoms with E-state index >= 15 is 0 Å². The molecule has 6 nitrogen and oxygen atoms in total. The Bertz CT molecular complexity index is 921. The van der Waals surface area contributed by atoms with Crippen molar-refractivity contribution in [3.8, 4) is 11.5 Å². The van der Waals surface area contributed by atoms with Crippen LogP contribution < -0.4 is 20.1 Å². The predicted molar refractivity (Wildman–Crippen MR) is 122 cm³/mol. The van der Waals surface area contributed by atoms with E-state index in [2.05, 4.69) is 35.4 Å². The molecule has 2 aromatic rings. The van der Waals surface area contributed by atoms with Gasteiger partial charge in [0.1, 0.15) is 0 Å². The van der Waals surface area contributed by atoms with Crippen LogP contribution >= 0.6 is 11.6 Å². The third-order valence-corrected chi connectivity index (χ3v) is 6.17. The lowest BCUT2D eigenvalue weighted by atomic mass is 10.1. The van der Waals surface area contributed by atoms with E-state index in [1.54, 1.807) is 0 Å². The molecule has 0 aliphatic carbocycles. The number of fused-ring (bicyclic) bond motifs is 1. The van der Waals surface area contributed by atoms with Crippen LogP contribution in [0, 0.1) is 0 Å². The number of benzene rings is 2. The summed E-state index contributed by atoms with van der Waals surface area (Å²) in [5.41, 5.74) is 2.28. The SMILES string of the molecule is CC(C)N1C[C@H](NCc2cccc(Cl)c2)C[C@H]1C(=O)NCCc1ccc2c(c1)OCO2. The smallest absolute Gasteiger partial charge is 0.237 e. The molecule has 1 amide bonds. The van der Waals surface area contributed by atoms with E-state index in [1.165, 1.54) is 0 Å². The Morgan fingerprint density at radius 3 is 2.81 bits per heavy atom. The second-order valence-corrected chi connectivity index (χ2v) is 8.91. The van der Waals surface area contributed by atoms with Crippen molar-refractivity contribution in [2.45, 2.75) is 51.4 Å². The van der Waals surface area contributed by atoms with Crippen LogP contribution in [-0.4, -0.2) is 48.8 Å². The first-order valence-electron chi connectivity index (χ1n) is 10.9. The van der Waals surface area contributed by atoms with Crippen molar-refractivity contribution in [2.75, 3.05) is 19.9 Å². The topological polar surface area (TPSA) is 62.8 Å². The van der Waals surface area contributed by atoms with Crippen LogP contribution in [0.25, 0.3) is 0 Å². The maximum atomic E-state index is 13.0. The van der Waals surface area contributed by atoms with Gasteiger partial charge in [-0.2, -0.15) is 0 Å². The van der Waals surface area contributed by atoms with E-state index in [9.17, 15) is 4.79 Å². The summed E-state index contributed by atoms with van der Waals surface area (Å²) in [6.07, 6.45) is 1.56. The molecule has 4 rings (SSSR count). The van der Waals surface area contributed by atoms with Crippen LogP contribution in [0.3, 0.4) is 0 Å².